The Hall–Kier alpha value is -1.75. The standard InChI is InChI=1S/C13H11F2NOS/c14-10-2-1-3-12(6-10)18(17)8-9-4-5-11(15)7-13(9)16/h1-7H,8,16H2. The summed E-state index contributed by atoms with van der Waals surface area (Å²) in [7, 11) is -1.40. The molecule has 0 aliphatic heterocycles. The van der Waals surface area contributed by atoms with Gasteiger partial charge in [0.1, 0.15) is 11.6 Å². The molecule has 18 heavy (non-hydrogen) atoms. The number of rotatable bonds is 3. The molecule has 2 nitrogen and oxygen atoms in total. The zero-order valence-electron chi connectivity index (χ0n) is 9.40. The lowest BCUT2D eigenvalue weighted by molar-refractivity contribution is 0.622. The van der Waals surface area contributed by atoms with Crippen LogP contribution >= 0.6 is 0 Å². The first-order valence-electron chi connectivity index (χ1n) is 5.24. The second kappa shape index (κ2) is 5.27. The van der Waals surface area contributed by atoms with Gasteiger partial charge in [0.2, 0.25) is 0 Å². The minimum absolute atomic E-state index is 0.134. The van der Waals surface area contributed by atoms with Crippen LogP contribution in [0.15, 0.2) is 47.4 Å². The number of benzene rings is 2. The normalized spacial score (nSPS) is 12.3. The third-order valence-electron chi connectivity index (χ3n) is 2.45. The molecule has 0 fully saturated rings. The van der Waals surface area contributed by atoms with Crippen molar-refractivity contribution >= 4 is 16.5 Å². The summed E-state index contributed by atoms with van der Waals surface area (Å²) in [5, 5.41) is 0. The molecular formula is C13H11F2NOS. The lowest BCUT2D eigenvalue weighted by Crippen LogP contribution is -2.01. The Morgan fingerprint density at radius 3 is 2.44 bits per heavy atom. The summed E-state index contributed by atoms with van der Waals surface area (Å²) in [6.45, 7) is 0. The predicted molar refractivity (Wildman–Crippen MR) is 67.3 cm³/mol. The number of nitrogens with two attached hydrogens (primary N) is 1. The highest BCUT2D eigenvalue weighted by Crippen LogP contribution is 2.19. The molecule has 0 radical (unpaired) electrons. The van der Waals surface area contributed by atoms with E-state index in [-0.39, 0.29) is 11.4 Å². The van der Waals surface area contributed by atoms with Crippen molar-refractivity contribution in [2.45, 2.75) is 10.6 Å². The van der Waals surface area contributed by atoms with Gasteiger partial charge in [0.15, 0.2) is 0 Å². The maximum atomic E-state index is 13.0. The van der Waals surface area contributed by atoms with E-state index >= 15 is 0 Å². The van der Waals surface area contributed by atoms with Gasteiger partial charge in [0.05, 0.1) is 16.6 Å². The highest BCUT2D eigenvalue weighted by Gasteiger charge is 2.09. The summed E-state index contributed by atoms with van der Waals surface area (Å²) in [5.74, 6) is -0.740. The lowest BCUT2D eigenvalue weighted by atomic mass is 10.2. The molecule has 2 N–H and O–H groups in total. The van der Waals surface area contributed by atoms with E-state index in [0.717, 1.165) is 0 Å². The van der Waals surface area contributed by atoms with Gasteiger partial charge in [-0.2, -0.15) is 0 Å². The Morgan fingerprint density at radius 1 is 1.06 bits per heavy atom. The number of hydrogen-bond donors (Lipinski definition) is 1. The number of anilines is 1. The lowest BCUT2D eigenvalue weighted by Gasteiger charge is -2.06. The Morgan fingerprint density at radius 2 is 1.78 bits per heavy atom. The first kappa shape index (κ1) is 12.7. The Bertz CT molecular complexity index is 601. The van der Waals surface area contributed by atoms with E-state index in [1.165, 1.54) is 36.4 Å². The maximum Gasteiger partial charge on any atom is 0.125 e. The molecule has 1 unspecified atom stereocenters. The summed E-state index contributed by atoms with van der Waals surface area (Å²) in [6.07, 6.45) is 0. The van der Waals surface area contributed by atoms with Crippen molar-refractivity contribution in [3.63, 3.8) is 0 Å². The molecule has 5 heteroatoms. The first-order valence-corrected chi connectivity index (χ1v) is 6.56. The van der Waals surface area contributed by atoms with Crippen molar-refractivity contribution in [1.82, 2.24) is 0 Å². The van der Waals surface area contributed by atoms with Crippen molar-refractivity contribution in [2.75, 3.05) is 5.73 Å². The molecule has 1 atom stereocenters. The Kier molecular flexibility index (Phi) is 3.72. The fourth-order valence-corrected chi connectivity index (χ4v) is 2.72. The molecule has 0 amide bonds. The minimum atomic E-state index is -1.40. The van der Waals surface area contributed by atoms with Gasteiger partial charge in [-0.05, 0) is 35.9 Å². The van der Waals surface area contributed by atoms with Gasteiger partial charge < -0.3 is 5.73 Å². The van der Waals surface area contributed by atoms with Crippen LogP contribution in [0, 0.1) is 11.6 Å². The van der Waals surface area contributed by atoms with Crippen LogP contribution in [-0.4, -0.2) is 4.21 Å². The van der Waals surface area contributed by atoms with E-state index in [4.69, 9.17) is 5.73 Å². The fraction of sp³-hybridized carbons (Fsp3) is 0.0769. The SMILES string of the molecule is Nc1cc(F)ccc1CS(=O)c1cccc(F)c1. The molecule has 0 bridgehead atoms. The number of hydrogen-bond acceptors (Lipinski definition) is 2. The van der Waals surface area contributed by atoms with Crippen LogP contribution in [0.3, 0.4) is 0 Å². The third kappa shape index (κ3) is 2.92. The molecule has 0 spiro atoms. The van der Waals surface area contributed by atoms with Gasteiger partial charge in [-0.25, -0.2) is 8.78 Å². The van der Waals surface area contributed by atoms with E-state index in [2.05, 4.69) is 0 Å². The third-order valence-corrected chi connectivity index (χ3v) is 3.81. The van der Waals surface area contributed by atoms with Crippen molar-refractivity contribution in [3.05, 3.63) is 59.7 Å². The van der Waals surface area contributed by atoms with E-state index < -0.39 is 22.4 Å². The second-order valence-electron chi connectivity index (χ2n) is 3.79. The minimum Gasteiger partial charge on any atom is -0.398 e. The number of nitrogen functional groups attached to an aromatic ring is 1. The summed E-state index contributed by atoms with van der Waals surface area (Å²) in [4.78, 5) is 0.388. The molecule has 0 aliphatic rings. The van der Waals surface area contributed by atoms with E-state index in [9.17, 15) is 13.0 Å². The van der Waals surface area contributed by atoms with Gasteiger partial charge in [-0.15, -0.1) is 0 Å². The van der Waals surface area contributed by atoms with Gasteiger partial charge in [-0.1, -0.05) is 12.1 Å². The molecule has 0 aromatic heterocycles. The highest BCUT2D eigenvalue weighted by molar-refractivity contribution is 7.84. The van der Waals surface area contributed by atoms with E-state index in [1.807, 2.05) is 0 Å². The van der Waals surface area contributed by atoms with Gasteiger partial charge in [0.25, 0.3) is 0 Å². The molecule has 0 saturated carbocycles. The second-order valence-corrected chi connectivity index (χ2v) is 5.24. The molecule has 0 heterocycles. The van der Waals surface area contributed by atoms with Crippen LogP contribution in [0.4, 0.5) is 14.5 Å². The summed E-state index contributed by atoms with van der Waals surface area (Å²) < 4.78 is 37.8. The van der Waals surface area contributed by atoms with Crippen LogP contribution < -0.4 is 5.73 Å². The topological polar surface area (TPSA) is 43.1 Å². The maximum absolute atomic E-state index is 13.0. The molecule has 2 rings (SSSR count). The molecule has 0 aliphatic carbocycles. The zero-order chi connectivity index (χ0) is 13.1. The van der Waals surface area contributed by atoms with Gasteiger partial charge in [0, 0.05) is 10.6 Å². The smallest absolute Gasteiger partial charge is 0.125 e. The van der Waals surface area contributed by atoms with Crippen molar-refractivity contribution in [3.8, 4) is 0 Å². The monoisotopic (exact) mass is 267 g/mol. The van der Waals surface area contributed by atoms with Crippen molar-refractivity contribution in [1.29, 1.82) is 0 Å². The van der Waals surface area contributed by atoms with E-state index in [0.29, 0.717) is 10.5 Å². The molecular weight excluding hydrogens is 256 g/mol. The molecule has 2 aromatic rings. The van der Waals surface area contributed by atoms with Crippen LogP contribution in [0.1, 0.15) is 5.56 Å². The average Bonchev–Trinajstić information content (AvgIpc) is 2.32. The van der Waals surface area contributed by atoms with E-state index in [1.54, 1.807) is 6.07 Å². The zero-order valence-corrected chi connectivity index (χ0v) is 10.2. The average molecular weight is 267 g/mol. The van der Waals surface area contributed by atoms with Gasteiger partial charge >= 0.3 is 0 Å². The number of halogens is 2. The summed E-state index contributed by atoms with van der Waals surface area (Å²) in [6, 6.07) is 9.51. The summed E-state index contributed by atoms with van der Waals surface area (Å²) in [5.41, 5.74) is 6.46. The van der Waals surface area contributed by atoms with Crippen LogP contribution in [-0.2, 0) is 16.6 Å². The Labute approximate surface area is 106 Å². The fourth-order valence-electron chi connectivity index (χ4n) is 1.53. The predicted octanol–water partition coefficient (Wildman–Crippen LogP) is 2.85. The van der Waals surface area contributed by atoms with Crippen molar-refractivity contribution < 1.29 is 13.0 Å². The molecule has 94 valence electrons. The van der Waals surface area contributed by atoms with Crippen molar-refractivity contribution in [2.24, 2.45) is 0 Å². The highest BCUT2D eigenvalue weighted by atomic mass is 32.2. The largest absolute Gasteiger partial charge is 0.398 e. The summed E-state index contributed by atoms with van der Waals surface area (Å²) >= 11 is 0. The first-order chi connectivity index (χ1) is 8.56. The van der Waals surface area contributed by atoms with Gasteiger partial charge in [-0.3, -0.25) is 4.21 Å². The Balaban J connectivity index is 2.21. The van der Waals surface area contributed by atoms with Crippen LogP contribution in [0.2, 0.25) is 0 Å². The van der Waals surface area contributed by atoms with Crippen LogP contribution in [0.25, 0.3) is 0 Å². The quantitative estimate of drug-likeness (QED) is 0.869. The molecule has 0 saturated heterocycles. The van der Waals surface area contributed by atoms with Crippen LogP contribution in [0.5, 0.6) is 0 Å². The molecule has 2 aromatic carbocycles.